The van der Waals surface area contributed by atoms with E-state index in [4.69, 9.17) is 0 Å². The van der Waals surface area contributed by atoms with Gasteiger partial charge >= 0.3 is 12.4 Å². The number of alkyl halides is 6. The van der Waals surface area contributed by atoms with Crippen LogP contribution in [0.25, 0.3) is 0 Å². The third-order valence-corrected chi connectivity index (χ3v) is 3.35. The molecule has 0 aliphatic carbocycles. The maximum Gasteiger partial charge on any atom is 0.411 e. The van der Waals surface area contributed by atoms with Crippen molar-refractivity contribution in [2.75, 3.05) is 32.9 Å². The summed E-state index contributed by atoms with van der Waals surface area (Å²) in [6.45, 7) is 0.470. The second-order valence-electron chi connectivity index (χ2n) is 6.07. The van der Waals surface area contributed by atoms with Gasteiger partial charge in [0.2, 0.25) is 0 Å². The fraction of sp³-hybridized carbons (Fsp3) is 0.611. The van der Waals surface area contributed by atoms with Crippen molar-refractivity contribution in [1.29, 1.82) is 0 Å². The van der Waals surface area contributed by atoms with Gasteiger partial charge in [-0.05, 0) is 24.5 Å². The highest BCUT2D eigenvalue weighted by molar-refractivity contribution is 14.0. The highest BCUT2D eigenvalue weighted by Gasteiger charge is 2.27. The normalized spacial score (nSPS) is 12.4. The van der Waals surface area contributed by atoms with E-state index in [2.05, 4.69) is 25.1 Å². The van der Waals surface area contributed by atoms with Crippen LogP contribution in [0, 0.1) is 0 Å². The zero-order valence-corrected chi connectivity index (χ0v) is 18.7. The molecule has 0 radical (unpaired) electrons. The van der Waals surface area contributed by atoms with Crippen LogP contribution in [0.3, 0.4) is 0 Å². The van der Waals surface area contributed by atoms with Crippen molar-refractivity contribution >= 4 is 29.9 Å². The van der Waals surface area contributed by atoms with E-state index in [1.165, 1.54) is 0 Å². The lowest BCUT2D eigenvalue weighted by atomic mass is 10.1. The molecule has 0 saturated carbocycles. The summed E-state index contributed by atoms with van der Waals surface area (Å²) in [5, 5.41) is 6.01. The van der Waals surface area contributed by atoms with Crippen LogP contribution in [0.2, 0.25) is 0 Å². The quantitative estimate of drug-likeness (QED) is 0.139. The van der Waals surface area contributed by atoms with E-state index in [9.17, 15) is 26.3 Å². The van der Waals surface area contributed by atoms with Crippen LogP contribution in [-0.4, -0.2) is 51.2 Å². The van der Waals surface area contributed by atoms with Gasteiger partial charge in [-0.15, -0.1) is 24.0 Å². The maximum atomic E-state index is 12.1. The molecule has 5 nitrogen and oxygen atoms in total. The van der Waals surface area contributed by atoms with Crippen molar-refractivity contribution in [2.24, 2.45) is 4.99 Å². The Morgan fingerprint density at radius 2 is 1.47 bits per heavy atom. The fourth-order valence-electron chi connectivity index (χ4n) is 2.11. The largest absolute Gasteiger partial charge is 0.411 e. The molecule has 30 heavy (non-hydrogen) atoms. The Balaban J connectivity index is 0.00000841. The van der Waals surface area contributed by atoms with Gasteiger partial charge < -0.3 is 20.1 Å². The lowest BCUT2D eigenvalue weighted by Gasteiger charge is -2.12. The third kappa shape index (κ3) is 15.5. The van der Waals surface area contributed by atoms with Gasteiger partial charge in [-0.2, -0.15) is 26.3 Å². The molecule has 0 atom stereocenters. The molecule has 0 unspecified atom stereocenters. The summed E-state index contributed by atoms with van der Waals surface area (Å²) >= 11 is 0. The summed E-state index contributed by atoms with van der Waals surface area (Å²) in [4.78, 5) is 4.36. The van der Waals surface area contributed by atoms with Crippen LogP contribution in [0.15, 0.2) is 29.3 Å². The number of halogens is 7. The van der Waals surface area contributed by atoms with Crippen LogP contribution < -0.4 is 10.6 Å². The number of benzene rings is 1. The first-order valence-electron chi connectivity index (χ1n) is 8.98. The van der Waals surface area contributed by atoms with Gasteiger partial charge in [-0.25, -0.2) is 4.99 Å². The highest BCUT2D eigenvalue weighted by Crippen LogP contribution is 2.16. The van der Waals surface area contributed by atoms with Crippen LogP contribution in [0.5, 0.6) is 0 Å². The van der Waals surface area contributed by atoms with Crippen LogP contribution in [0.4, 0.5) is 26.3 Å². The minimum atomic E-state index is -4.35. The molecule has 12 heteroatoms. The van der Waals surface area contributed by atoms with Crippen molar-refractivity contribution in [3.05, 3.63) is 35.4 Å². The Bertz CT molecular complexity index is 609. The Labute approximate surface area is 188 Å². The fourth-order valence-corrected chi connectivity index (χ4v) is 2.11. The SMILES string of the molecule is CCNC(=NCc1ccc(COCC(F)(F)F)cc1)NCCCOCC(F)(F)F.I. The molecule has 0 aliphatic heterocycles. The highest BCUT2D eigenvalue weighted by atomic mass is 127. The first-order valence-corrected chi connectivity index (χ1v) is 8.98. The molecule has 0 heterocycles. The number of guanidine groups is 1. The monoisotopic (exact) mass is 557 g/mol. The predicted octanol–water partition coefficient (Wildman–Crippen LogP) is 4.41. The van der Waals surface area contributed by atoms with Crippen LogP contribution in [0.1, 0.15) is 24.5 Å². The second kappa shape index (κ2) is 14.7. The molecule has 1 aromatic rings. The number of nitrogens with one attached hydrogen (secondary N) is 2. The van der Waals surface area contributed by atoms with Crippen molar-refractivity contribution in [1.82, 2.24) is 10.6 Å². The lowest BCUT2D eigenvalue weighted by molar-refractivity contribution is -0.176. The molecule has 0 amide bonds. The summed E-state index contributed by atoms with van der Waals surface area (Å²) in [6.07, 6.45) is -8.30. The number of hydrogen-bond acceptors (Lipinski definition) is 3. The van der Waals surface area contributed by atoms with E-state index in [-0.39, 0.29) is 37.2 Å². The smallest absolute Gasteiger partial charge is 0.372 e. The average molecular weight is 557 g/mol. The number of rotatable bonds is 11. The Morgan fingerprint density at radius 1 is 0.900 bits per heavy atom. The minimum absolute atomic E-state index is 0. The Hall–Kier alpha value is -1.28. The van der Waals surface area contributed by atoms with E-state index < -0.39 is 25.6 Å². The summed E-state index contributed by atoms with van der Waals surface area (Å²) in [5.41, 5.74) is 1.46. The zero-order chi connectivity index (χ0) is 21.8. The maximum absolute atomic E-state index is 12.1. The minimum Gasteiger partial charge on any atom is -0.372 e. The number of ether oxygens (including phenoxy) is 2. The summed E-state index contributed by atoms with van der Waals surface area (Å²) in [6, 6.07) is 6.81. The number of aliphatic imine (C=N–C) groups is 1. The van der Waals surface area contributed by atoms with Crippen molar-refractivity contribution in [3.63, 3.8) is 0 Å². The van der Waals surface area contributed by atoms with Gasteiger partial charge in [0.1, 0.15) is 13.2 Å². The van der Waals surface area contributed by atoms with E-state index in [0.717, 1.165) is 5.56 Å². The summed E-state index contributed by atoms with van der Waals surface area (Å²) in [7, 11) is 0. The summed E-state index contributed by atoms with van der Waals surface area (Å²) in [5.74, 6) is 0.501. The lowest BCUT2D eigenvalue weighted by Crippen LogP contribution is -2.38. The molecular weight excluding hydrogens is 531 g/mol. The second-order valence-corrected chi connectivity index (χ2v) is 6.07. The molecule has 1 aromatic carbocycles. The van der Waals surface area contributed by atoms with Crippen molar-refractivity contribution in [3.8, 4) is 0 Å². The van der Waals surface area contributed by atoms with Gasteiger partial charge in [0.05, 0.1) is 13.2 Å². The van der Waals surface area contributed by atoms with Gasteiger partial charge in [0.15, 0.2) is 5.96 Å². The van der Waals surface area contributed by atoms with E-state index in [0.29, 0.717) is 37.6 Å². The first kappa shape index (κ1) is 28.7. The molecule has 0 saturated heterocycles. The Morgan fingerprint density at radius 3 is 2.03 bits per heavy atom. The van der Waals surface area contributed by atoms with Gasteiger partial charge in [0, 0.05) is 19.7 Å². The topological polar surface area (TPSA) is 54.9 Å². The van der Waals surface area contributed by atoms with Crippen molar-refractivity contribution < 1.29 is 35.8 Å². The van der Waals surface area contributed by atoms with Gasteiger partial charge in [-0.3, -0.25) is 0 Å². The molecule has 2 N–H and O–H groups in total. The third-order valence-electron chi connectivity index (χ3n) is 3.35. The van der Waals surface area contributed by atoms with Crippen LogP contribution >= 0.6 is 24.0 Å². The Kier molecular flexibility index (Phi) is 14.1. The molecule has 0 fully saturated rings. The molecule has 1 rings (SSSR count). The molecule has 0 aromatic heterocycles. The zero-order valence-electron chi connectivity index (χ0n) is 16.4. The molecule has 0 aliphatic rings. The predicted molar refractivity (Wildman–Crippen MR) is 112 cm³/mol. The summed E-state index contributed by atoms with van der Waals surface area (Å²) < 4.78 is 81.2. The van der Waals surface area contributed by atoms with E-state index in [1.807, 2.05) is 6.92 Å². The number of hydrogen-bond donors (Lipinski definition) is 2. The van der Waals surface area contributed by atoms with Gasteiger partial charge in [-0.1, -0.05) is 24.3 Å². The molecule has 174 valence electrons. The van der Waals surface area contributed by atoms with E-state index in [1.54, 1.807) is 24.3 Å². The van der Waals surface area contributed by atoms with Crippen LogP contribution in [-0.2, 0) is 22.6 Å². The molecule has 0 spiro atoms. The average Bonchev–Trinajstić information content (AvgIpc) is 2.61. The number of nitrogens with zero attached hydrogens (tertiary/aromatic N) is 1. The van der Waals surface area contributed by atoms with E-state index >= 15 is 0 Å². The first-order chi connectivity index (χ1) is 13.6. The molecule has 0 bridgehead atoms. The standard InChI is InChI=1S/C18H25F6N3O2.HI/c1-2-25-16(26-8-3-9-28-12-17(19,20)21)27-10-14-4-6-15(7-5-14)11-29-13-18(22,23)24;/h4-7H,2-3,8-13H2,1H3,(H2,25,26,27);1H. The molecular formula is C18H26F6IN3O2. The van der Waals surface area contributed by atoms with Gasteiger partial charge in [0.25, 0.3) is 0 Å². The van der Waals surface area contributed by atoms with Crippen molar-refractivity contribution in [2.45, 2.75) is 38.8 Å².